The molecule has 0 bridgehead atoms. The van der Waals surface area contributed by atoms with Gasteiger partial charge in [-0.05, 0) is 73.2 Å². The van der Waals surface area contributed by atoms with Crippen LogP contribution >= 0.6 is 0 Å². The van der Waals surface area contributed by atoms with Gasteiger partial charge in [-0.3, -0.25) is 4.48 Å². The van der Waals surface area contributed by atoms with Gasteiger partial charge in [-0.2, -0.15) is 0 Å². The molecule has 2 rings (SSSR count). The summed E-state index contributed by atoms with van der Waals surface area (Å²) in [5.41, 5.74) is 5.46. The van der Waals surface area contributed by atoms with Crippen molar-refractivity contribution in [1.82, 2.24) is 4.48 Å². The van der Waals surface area contributed by atoms with Crippen LogP contribution in [0.4, 0.5) is 11.4 Å². The summed E-state index contributed by atoms with van der Waals surface area (Å²) in [6.45, 7) is 13.9. The van der Waals surface area contributed by atoms with E-state index in [2.05, 4.69) is 88.2 Å². The number of nitrogens with zero attached hydrogens (tertiary/aromatic N) is 2. The highest BCUT2D eigenvalue weighted by Crippen LogP contribution is 2.29. The first-order valence-corrected chi connectivity index (χ1v) is 12.9. The minimum absolute atomic E-state index is 0. The normalized spacial score (nSPS) is 11.3. The number of anilines is 1. The van der Waals surface area contributed by atoms with Crippen LogP contribution in [0, 0.1) is 0 Å². The van der Waals surface area contributed by atoms with Crippen LogP contribution in [0.25, 0.3) is 11.1 Å². The van der Waals surface area contributed by atoms with E-state index in [1.807, 2.05) is 0 Å². The predicted molar refractivity (Wildman–Crippen MR) is 141 cm³/mol. The Morgan fingerprint density at radius 3 is 1.41 bits per heavy atom. The molecule has 0 heterocycles. The molecule has 0 atom stereocenters. The van der Waals surface area contributed by atoms with E-state index in [-0.39, 0.29) is 24.0 Å². The third kappa shape index (κ3) is 8.70. The zero-order valence-electron chi connectivity index (χ0n) is 21.4. The van der Waals surface area contributed by atoms with E-state index in [1.165, 1.54) is 87.0 Å². The van der Waals surface area contributed by atoms with Crippen LogP contribution < -0.4 is 33.4 Å². The average Bonchev–Trinajstić information content (AvgIpc) is 2.82. The van der Waals surface area contributed by atoms with Gasteiger partial charge in [0.15, 0.2) is 0 Å². The highest BCUT2D eigenvalue weighted by Gasteiger charge is 2.23. The average molecular weight is 551 g/mol. The fourth-order valence-corrected chi connectivity index (χ4v) is 4.33. The molecule has 0 radical (unpaired) electrons. The maximum absolute atomic E-state index is 2.56. The van der Waals surface area contributed by atoms with Crippen LogP contribution in [0.3, 0.4) is 0 Å². The van der Waals surface area contributed by atoms with Crippen molar-refractivity contribution in [3.05, 3.63) is 48.5 Å². The summed E-state index contributed by atoms with van der Waals surface area (Å²) in [5.74, 6) is 0. The summed E-state index contributed by atoms with van der Waals surface area (Å²) in [4.78, 5) is 2.56. The molecule has 180 valence electrons. The third-order valence-electron chi connectivity index (χ3n) is 6.63. The molecule has 32 heavy (non-hydrogen) atoms. The molecule has 0 spiro atoms. The van der Waals surface area contributed by atoms with Gasteiger partial charge in [0.05, 0.1) is 20.1 Å². The first-order valence-electron chi connectivity index (χ1n) is 12.9. The van der Waals surface area contributed by atoms with Crippen molar-refractivity contribution in [3.63, 3.8) is 0 Å². The third-order valence-corrected chi connectivity index (χ3v) is 6.63. The van der Waals surface area contributed by atoms with E-state index in [9.17, 15) is 0 Å². The number of unbranched alkanes of at least 4 members (excludes halogenated alkanes) is 4. The van der Waals surface area contributed by atoms with Crippen LogP contribution in [0.2, 0.25) is 0 Å². The highest BCUT2D eigenvalue weighted by molar-refractivity contribution is 5.68. The summed E-state index contributed by atoms with van der Waals surface area (Å²) in [6, 6.07) is 18.6. The molecular formula is C29H47IN2. The van der Waals surface area contributed by atoms with E-state index in [0.29, 0.717) is 0 Å². The van der Waals surface area contributed by atoms with E-state index < -0.39 is 0 Å². The Balaban J connectivity index is 0.00000512. The Kier molecular flexibility index (Phi) is 14.2. The number of rotatable bonds is 15. The minimum Gasteiger partial charge on any atom is -1.00 e. The maximum atomic E-state index is 2.56. The second-order valence-electron chi connectivity index (χ2n) is 9.34. The van der Waals surface area contributed by atoms with Crippen LogP contribution in [-0.4, -0.2) is 33.2 Å². The van der Waals surface area contributed by atoms with E-state index in [0.717, 1.165) is 17.6 Å². The maximum Gasteiger partial charge on any atom is 0.132 e. The van der Waals surface area contributed by atoms with Gasteiger partial charge in [-0.25, -0.2) is 0 Å². The van der Waals surface area contributed by atoms with Crippen molar-refractivity contribution in [2.75, 3.05) is 38.1 Å². The fourth-order valence-electron chi connectivity index (χ4n) is 4.33. The molecule has 0 N–H and O–H groups in total. The molecule has 0 fully saturated rings. The van der Waals surface area contributed by atoms with Crippen LogP contribution in [-0.2, 0) is 0 Å². The van der Waals surface area contributed by atoms with Crippen molar-refractivity contribution < 1.29 is 24.0 Å². The second-order valence-corrected chi connectivity index (χ2v) is 9.34. The van der Waals surface area contributed by atoms with E-state index >= 15 is 0 Å². The molecule has 0 aliphatic carbocycles. The zero-order chi connectivity index (χ0) is 22.5. The van der Waals surface area contributed by atoms with Gasteiger partial charge in [-0.15, -0.1) is 0 Å². The molecule has 3 heteroatoms. The Hall–Kier alpha value is -1.07. The van der Waals surface area contributed by atoms with Gasteiger partial charge in [0.1, 0.15) is 5.69 Å². The van der Waals surface area contributed by atoms with Crippen LogP contribution in [0.5, 0.6) is 0 Å². The fraction of sp³-hybridized carbons (Fsp3) is 0.586. The monoisotopic (exact) mass is 550 g/mol. The van der Waals surface area contributed by atoms with Gasteiger partial charge in [0, 0.05) is 18.8 Å². The van der Waals surface area contributed by atoms with Gasteiger partial charge in [-0.1, -0.05) is 65.5 Å². The SMILES string of the molecule is CCCCN(CCCC)c1ccc(-c2ccc([N+](C)(CCCC)CCCC)cc2)cc1.[I-]. The topological polar surface area (TPSA) is 3.24 Å². The lowest BCUT2D eigenvalue weighted by atomic mass is 10.0. The summed E-state index contributed by atoms with van der Waals surface area (Å²) >= 11 is 0. The zero-order valence-corrected chi connectivity index (χ0v) is 23.5. The molecule has 0 unspecified atom stereocenters. The summed E-state index contributed by atoms with van der Waals surface area (Å²) in [5, 5.41) is 0. The summed E-state index contributed by atoms with van der Waals surface area (Å²) < 4.78 is 1.06. The van der Waals surface area contributed by atoms with E-state index in [1.54, 1.807) is 0 Å². The van der Waals surface area contributed by atoms with E-state index in [4.69, 9.17) is 0 Å². The molecular weight excluding hydrogens is 503 g/mol. The molecule has 0 aromatic heterocycles. The molecule has 2 aromatic rings. The van der Waals surface area contributed by atoms with Crippen LogP contribution in [0.1, 0.15) is 79.1 Å². The van der Waals surface area contributed by atoms with Gasteiger partial charge < -0.3 is 28.9 Å². The van der Waals surface area contributed by atoms with Gasteiger partial charge >= 0.3 is 0 Å². The number of quaternary nitrogens is 1. The highest BCUT2D eigenvalue weighted by atomic mass is 127. The number of hydrogen-bond acceptors (Lipinski definition) is 1. The van der Waals surface area contributed by atoms with Gasteiger partial charge in [0.2, 0.25) is 0 Å². The van der Waals surface area contributed by atoms with Crippen molar-refractivity contribution in [2.45, 2.75) is 79.1 Å². The first-order chi connectivity index (χ1) is 15.1. The molecule has 0 amide bonds. The smallest absolute Gasteiger partial charge is 0.132 e. The van der Waals surface area contributed by atoms with Crippen molar-refractivity contribution in [3.8, 4) is 11.1 Å². The molecule has 2 nitrogen and oxygen atoms in total. The molecule has 0 aliphatic rings. The standard InChI is InChI=1S/C29H47N2.HI/c1-6-10-22-30(23-11-7-2)28-18-14-26(15-19-28)27-16-20-29(21-17-27)31(5,24-12-8-3)25-13-9-4;/h14-21H,6-13,22-25H2,1-5H3;1H/q+1;/p-1. The lowest BCUT2D eigenvalue weighted by molar-refractivity contribution is -0.00000669. The number of hydrogen-bond donors (Lipinski definition) is 0. The molecule has 0 saturated carbocycles. The lowest BCUT2D eigenvalue weighted by Crippen LogP contribution is -3.00. The van der Waals surface area contributed by atoms with Crippen molar-refractivity contribution in [1.29, 1.82) is 0 Å². The molecule has 2 aromatic carbocycles. The minimum atomic E-state index is 0. The Morgan fingerprint density at radius 2 is 1.00 bits per heavy atom. The molecule has 0 saturated heterocycles. The Morgan fingerprint density at radius 1 is 0.594 bits per heavy atom. The first kappa shape index (κ1) is 29.0. The Labute approximate surface area is 216 Å². The summed E-state index contributed by atoms with van der Waals surface area (Å²) in [7, 11) is 2.41. The van der Waals surface area contributed by atoms with Crippen molar-refractivity contribution in [2.24, 2.45) is 0 Å². The molecule has 0 aliphatic heterocycles. The summed E-state index contributed by atoms with van der Waals surface area (Å²) in [6.07, 6.45) is 10.1. The number of benzene rings is 2. The predicted octanol–water partition coefficient (Wildman–Crippen LogP) is 5.30. The largest absolute Gasteiger partial charge is 1.00 e. The lowest BCUT2D eigenvalue weighted by Gasteiger charge is -2.34. The Bertz CT molecular complexity index is 708. The quantitative estimate of drug-likeness (QED) is 0.215. The van der Waals surface area contributed by atoms with Gasteiger partial charge in [0.25, 0.3) is 0 Å². The van der Waals surface area contributed by atoms with Crippen molar-refractivity contribution >= 4 is 11.4 Å². The van der Waals surface area contributed by atoms with Crippen LogP contribution in [0.15, 0.2) is 48.5 Å². The second kappa shape index (κ2) is 15.7. The number of halogens is 1.